The maximum absolute atomic E-state index is 6.54. The van der Waals surface area contributed by atoms with E-state index in [0.717, 1.165) is 99.4 Å². The molecule has 5 heteroatoms. The molecule has 238 valence electrons. The summed E-state index contributed by atoms with van der Waals surface area (Å²) in [5.74, 6) is 0.658. The molecule has 4 aromatic heterocycles. The highest BCUT2D eigenvalue weighted by Crippen LogP contribution is 2.41. The average Bonchev–Trinajstić information content (AvgIpc) is 3.88. The number of hydrogen-bond acceptors (Lipinski definition) is 4. The minimum atomic E-state index is 0.658. The Morgan fingerprint density at radius 3 is 1.86 bits per heavy atom. The fraction of sp³-hybridized carbons (Fsp3) is 0. The zero-order valence-corrected chi connectivity index (χ0v) is 27.2. The molecule has 0 saturated carbocycles. The van der Waals surface area contributed by atoms with Gasteiger partial charge in [-0.15, -0.1) is 0 Å². The molecular weight excluding hydrogens is 627 g/mol. The van der Waals surface area contributed by atoms with Crippen molar-refractivity contribution in [2.45, 2.75) is 0 Å². The van der Waals surface area contributed by atoms with Gasteiger partial charge in [0.15, 0.2) is 5.82 Å². The molecular formula is C46H27N3O2. The van der Waals surface area contributed by atoms with Crippen molar-refractivity contribution in [2.24, 2.45) is 0 Å². The summed E-state index contributed by atoms with van der Waals surface area (Å²) in [5, 5.41) is 6.66. The Balaban J connectivity index is 1.14. The summed E-state index contributed by atoms with van der Waals surface area (Å²) >= 11 is 0. The van der Waals surface area contributed by atoms with Gasteiger partial charge in [0.1, 0.15) is 22.3 Å². The van der Waals surface area contributed by atoms with Crippen LogP contribution in [0.1, 0.15) is 0 Å². The first kappa shape index (κ1) is 27.9. The summed E-state index contributed by atoms with van der Waals surface area (Å²) in [5.41, 5.74) is 11.2. The molecule has 0 aliphatic carbocycles. The molecule has 0 aliphatic rings. The van der Waals surface area contributed by atoms with E-state index >= 15 is 0 Å². The van der Waals surface area contributed by atoms with Gasteiger partial charge in [-0.2, -0.15) is 0 Å². The summed E-state index contributed by atoms with van der Waals surface area (Å²) in [6, 6.07) is 56.5. The first-order valence-electron chi connectivity index (χ1n) is 17.1. The van der Waals surface area contributed by atoms with Crippen molar-refractivity contribution in [2.75, 3.05) is 0 Å². The van der Waals surface area contributed by atoms with E-state index in [1.807, 2.05) is 48.5 Å². The largest absolute Gasteiger partial charge is 0.455 e. The summed E-state index contributed by atoms with van der Waals surface area (Å²) in [6.07, 6.45) is 0. The van der Waals surface area contributed by atoms with E-state index in [-0.39, 0.29) is 0 Å². The quantitative estimate of drug-likeness (QED) is 0.190. The molecule has 7 aromatic carbocycles. The molecule has 4 heterocycles. The highest BCUT2D eigenvalue weighted by Gasteiger charge is 2.20. The predicted molar refractivity (Wildman–Crippen MR) is 207 cm³/mol. The summed E-state index contributed by atoms with van der Waals surface area (Å²) in [6.45, 7) is 0. The molecule has 51 heavy (non-hydrogen) atoms. The van der Waals surface area contributed by atoms with Crippen LogP contribution in [0.4, 0.5) is 0 Å². The van der Waals surface area contributed by atoms with Crippen LogP contribution in [-0.2, 0) is 0 Å². The number of aromatic nitrogens is 3. The highest BCUT2D eigenvalue weighted by molar-refractivity contribution is 6.23. The van der Waals surface area contributed by atoms with E-state index in [1.54, 1.807) is 0 Å². The fourth-order valence-electron chi connectivity index (χ4n) is 7.72. The van der Waals surface area contributed by atoms with Crippen molar-refractivity contribution in [3.63, 3.8) is 0 Å². The van der Waals surface area contributed by atoms with E-state index < -0.39 is 0 Å². The lowest BCUT2D eigenvalue weighted by Gasteiger charge is -2.12. The second kappa shape index (κ2) is 10.8. The van der Waals surface area contributed by atoms with Gasteiger partial charge < -0.3 is 13.4 Å². The molecule has 0 atom stereocenters. The van der Waals surface area contributed by atoms with Crippen LogP contribution < -0.4 is 0 Å². The third kappa shape index (κ3) is 4.22. The Morgan fingerprint density at radius 2 is 1.04 bits per heavy atom. The van der Waals surface area contributed by atoms with Gasteiger partial charge in [0, 0.05) is 49.3 Å². The third-order valence-corrected chi connectivity index (χ3v) is 10.0. The second-order valence-corrected chi connectivity index (χ2v) is 12.9. The number of rotatable bonds is 4. The molecule has 0 saturated heterocycles. The van der Waals surface area contributed by atoms with Crippen LogP contribution in [0.5, 0.6) is 0 Å². The fourth-order valence-corrected chi connectivity index (χ4v) is 7.72. The molecule has 0 spiro atoms. The number of furan rings is 2. The standard InChI is InChI=1S/C46H27N3O2/c1-2-12-28(13-3-1)46-47-37(27-38(48-46)35-20-11-19-33-31-16-5-8-22-41(31)50-44(33)35)29-14-10-15-30(26-29)49-39-21-7-4-18-36(39)43-40(49)25-24-34-32-17-6-9-23-42(32)51-45(34)43/h1-27H. The van der Waals surface area contributed by atoms with E-state index in [2.05, 4.69) is 120 Å². The SMILES string of the molecule is c1ccc(-c2nc(-c3cccc(-n4c5ccccc5c5c6oc7ccccc7c6ccc54)c3)cc(-c3cccc4c3oc3ccccc34)n2)cc1. The first-order valence-corrected chi connectivity index (χ1v) is 17.1. The van der Waals surface area contributed by atoms with Crippen molar-refractivity contribution in [3.05, 3.63) is 164 Å². The minimum absolute atomic E-state index is 0.658. The molecule has 0 unspecified atom stereocenters. The van der Waals surface area contributed by atoms with Gasteiger partial charge in [-0.25, -0.2) is 9.97 Å². The maximum Gasteiger partial charge on any atom is 0.160 e. The number of fused-ring (bicyclic) bond motifs is 10. The molecule has 0 aliphatic heterocycles. The Morgan fingerprint density at radius 1 is 0.412 bits per heavy atom. The predicted octanol–water partition coefficient (Wildman–Crippen LogP) is 12.4. The highest BCUT2D eigenvalue weighted by atomic mass is 16.3. The van der Waals surface area contributed by atoms with Crippen LogP contribution in [0.3, 0.4) is 0 Å². The van der Waals surface area contributed by atoms with E-state index in [1.165, 1.54) is 0 Å². The number of para-hydroxylation sites is 4. The minimum Gasteiger partial charge on any atom is -0.455 e. The third-order valence-electron chi connectivity index (χ3n) is 10.0. The second-order valence-electron chi connectivity index (χ2n) is 12.9. The van der Waals surface area contributed by atoms with Gasteiger partial charge in [0.05, 0.1) is 27.8 Å². The van der Waals surface area contributed by atoms with Gasteiger partial charge in [-0.3, -0.25) is 0 Å². The first-order chi connectivity index (χ1) is 25.3. The Hall–Kier alpha value is -6.98. The Labute approximate surface area is 291 Å². The normalized spacial score (nSPS) is 11.9. The van der Waals surface area contributed by atoms with Crippen molar-refractivity contribution in [3.8, 4) is 39.6 Å². The van der Waals surface area contributed by atoms with Crippen molar-refractivity contribution in [1.82, 2.24) is 14.5 Å². The number of nitrogens with zero attached hydrogens (tertiary/aromatic N) is 3. The molecule has 0 bridgehead atoms. The molecule has 0 amide bonds. The van der Waals surface area contributed by atoms with Crippen molar-refractivity contribution < 1.29 is 8.83 Å². The van der Waals surface area contributed by atoms with E-state index in [9.17, 15) is 0 Å². The van der Waals surface area contributed by atoms with Crippen LogP contribution in [0.2, 0.25) is 0 Å². The van der Waals surface area contributed by atoms with Crippen molar-refractivity contribution in [1.29, 1.82) is 0 Å². The monoisotopic (exact) mass is 653 g/mol. The van der Waals surface area contributed by atoms with E-state index in [4.69, 9.17) is 18.8 Å². The molecule has 0 N–H and O–H groups in total. The lowest BCUT2D eigenvalue weighted by atomic mass is 10.0. The summed E-state index contributed by atoms with van der Waals surface area (Å²) in [4.78, 5) is 10.3. The van der Waals surface area contributed by atoms with Crippen LogP contribution in [0.25, 0.3) is 105 Å². The van der Waals surface area contributed by atoms with Crippen LogP contribution in [-0.4, -0.2) is 14.5 Å². The zero-order chi connectivity index (χ0) is 33.5. The number of hydrogen-bond donors (Lipinski definition) is 0. The van der Waals surface area contributed by atoms with Gasteiger partial charge in [-0.1, -0.05) is 109 Å². The number of benzene rings is 7. The Bertz CT molecular complexity index is 3150. The zero-order valence-electron chi connectivity index (χ0n) is 27.2. The Kier molecular flexibility index (Phi) is 5.89. The average molecular weight is 654 g/mol. The molecule has 5 nitrogen and oxygen atoms in total. The van der Waals surface area contributed by atoms with Crippen LogP contribution in [0.15, 0.2) is 173 Å². The molecule has 0 radical (unpaired) electrons. The van der Waals surface area contributed by atoms with Gasteiger partial charge in [0.25, 0.3) is 0 Å². The summed E-state index contributed by atoms with van der Waals surface area (Å²) < 4.78 is 15.3. The smallest absolute Gasteiger partial charge is 0.160 e. The molecule has 11 aromatic rings. The van der Waals surface area contributed by atoms with Gasteiger partial charge in [-0.05, 0) is 54.6 Å². The topological polar surface area (TPSA) is 57.0 Å². The van der Waals surface area contributed by atoms with Gasteiger partial charge in [0.2, 0.25) is 0 Å². The van der Waals surface area contributed by atoms with Gasteiger partial charge >= 0.3 is 0 Å². The molecule has 11 rings (SSSR count). The maximum atomic E-state index is 6.54. The summed E-state index contributed by atoms with van der Waals surface area (Å²) in [7, 11) is 0. The lowest BCUT2D eigenvalue weighted by molar-refractivity contribution is 0.670. The van der Waals surface area contributed by atoms with E-state index in [0.29, 0.717) is 5.82 Å². The van der Waals surface area contributed by atoms with Crippen LogP contribution in [0, 0.1) is 0 Å². The molecule has 0 fully saturated rings. The van der Waals surface area contributed by atoms with Crippen LogP contribution >= 0.6 is 0 Å². The lowest BCUT2D eigenvalue weighted by Crippen LogP contribution is -1.98. The van der Waals surface area contributed by atoms with Crippen molar-refractivity contribution >= 4 is 65.7 Å².